The van der Waals surface area contributed by atoms with Gasteiger partial charge in [-0.05, 0) is 40.2 Å². The largest absolute Gasteiger partial charge is 0.463 e. The minimum atomic E-state index is -4.88. The Morgan fingerprint density at radius 2 is 1.96 bits per heavy atom. The lowest BCUT2D eigenvalue weighted by Crippen LogP contribution is -2.72. The van der Waals surface area contributed by atoms with Gasteiger partial charge in [-0.1, -0.05) is 0 Å². The molecule has 10 nitrogen and oxygen atoms in total. The van der Waals surface area contributed by atoms with Crippen molar-refractivity contribution < 1.29 is 36.9 Å². The number of β-lactam (4-membered cyclic amide) rings is 1. The molecule has 1 aliphatic heterocycles. The average molecular weight is 378 g/mol. The van der Waals surface area contributed by atoms with Gasteiger partial charge in [0.2, 0.25) is 6.41 Å². The summed E-state index contributed by atoms with van der Waals surface area (Å²) in [5.41, 5.74) is -0.742. The fraction of sp³-hybridized carbons (Fsp3) is 0.643. The van der Waals surface area contributed by atoms with Crippen LogP contribution in [-0.2, 0) is 34.3 Å². The van der Waals surface area contributed by atoms with E-state index in [0.717, 1.165) is 6.08 Å². The second-order valence-corrected chi connectivity index (χ2v) is 7.60. The fourth-order valence-electron chi connectivity index (χ4n) is 2.30. The highest BCUT2D eigenvalue weighted by Crippen LogP contribution is 2.33. The molecular formula is C14H22N2O8S. The number of esters is 1. The first-order valence-corrected chi connectivity index (χ1v) is 8.81. The van der Waals surface area contributed by atoms with Crippen molar-refractivity contribution in [1.82, 2.24) is 9.37 Å². The SMILES string of the molecule is CCOC(=O)C=C(C)C1C(N(C=O)OC(C)(C)C)C(=O)N1S(=O)(=O)O. The maximum absolute atomic E-state index is 12.2. The Hall–Kier alpha value is -1.98. The van der Waals surface area contributed by atoms with Gasteiger partial charge in [0.05, 0.1) is 12.2 Å². The standard InChI is InChI=1S/C14H22N2O8S/c1-6-23-10(18)7-9(2)11-12(13(19)16(11)25(20,21)22)15(8-17)24-14(3,4)5/h7-8,11-12H,6H2,1-5H3,(H,20,21,22). The van der Waals surface area contributed by atoms with Crippen LogP contribution in [0.1, 0.15) is 34.6 Å². The summed E-state index contributed by atoms with van der Waals surface area (Å²) >= 11 is 0. The van der Waals surface area contributed by atoms with Gasteiger partial charge in [-0.3, -0.25) is 19.0 Å². The molecule has 1 fully saturated rings. The molecule has 11 heteroatoms. The lowest BCUT2D eigenvalue weighted by atomic mass is 9.91. The van der Waals surface area contributed by atoms with Crippen LogP contribution in [0, 0.1) is 0 Å². The highest BCUT2D eigenvalue weighted by molar-refractivity contribution is 7.84. The number of carbonyl (C=O) groups excluding carboxylic acids is 3. The summed E-state index contributed by atoms with van der Waals surface area (Å²) < 4.78 is 37.1. The van der Waals surface area contributed by atoms with Crippen LogP contribution < -0.4 is 0 Å². The molecule has 2 atom stereocenters. The Labute approximate surface area is 146 Å². The van der Waals surface area contributed by atoms with Crippen molar-refractivity contribution in [2.45, 2.75) is 52.3 Å². The van der Waals surface area contributed by atoms with Gasteiger partial charge in [0, 0.05) is 6.08 Å². The first kappa shape index (κ1) is 21.1. The number of carbonyl (C=O) groups is 3. The molecule has 0 aromatic carbocycles. The highest BCUT2D eigenvalue weighted by Gasteiger charge is 2.57. The number of ether oxygens (including phenoxy) is 1. The van der Waals surface area contributed by atoms with E-state index in [9.17, 15) is 27.4 Å². The summed E-state index contributed by atoms with van der Waals surface area (Å²) in [6.07, 6.45) is 1.23. The molecule has 2 amide bonds. The molecule has 2 unspecified atom stereocenters. The lowest BCUT2D eigenvalue weighted by Gasteiger charge is -2.48. The van der Waals surface area contributed by atoms with Gasteiger partial charge in [-0.15, -0.1) is 0 Å². The Kier molecular flexibility index (Phi) is 6.32. The zero-order valence-corrected chi connectivity index (χ0v) is 15.4. The van der Waals surface area contributed by atoms with Crippen molar-refractivity contribution in [3.63, 3.8) is 0 Å². The van der Waals surface area contributed by atoms with Crippen LogP contribution >= 0.6 is 0 Å². The molecule has 0 aromatic rings. The summed E-state index contributed by atoms with van der Waals surface area (Å²) in [6.45, 7) is 7.95. The monoisotopic (exact) mass is 378 g/mol. The van der Waals surface area contributed by atoms with Crippen LogP contribution in [0.25, 0.3) is 0 Å². The third kappa shape index (κ3) is 5.00. The molecule has 0 saturated carbocycles. The number of hydrogen-bond donors (Lipinski definition) is 1. The smallest absolute Gasteiger partial charge is 0.362 e. The van der Waals surface area contributed by atoms with Gasteiger partial charge in [0.1, 0.15) is 6.04 Å². The van der Waals surface area contributed by atoms with E-state index in [1.54, 1.807) is 27.7 Å². The molecule has 1 rings (SSSR count). The number of nitrogens with zero attached hydrogens (tertiary/aromatic N) is 2. The van der Waals surface area contributed by atoms with E-state index in [-0.39, 0.29) is 22.9 Å². The topological polar surface area (TPSA) is 131 Å². The molecule has 25 heavy (non-hydrogen) atoms. The molecule has 1 heterocycles. The minimum absolute atomic E-state index is 0.102. The van der Waals surface area contributed by atoms with E-state index < -0.39 is 39.9 Å². The van der Waals surface area contributed by atoms with E-state index in [2.05, 4.69) is 0 Å². The van der Waals surface area contributed by atoms with E-state index in [4.69, 9.17) is 9.57 Å². The first-order chi connectivity index (χ1) is 11.3. The third-order valence-electron chi connectivity index (χ3n) is 3.13. The van der Waals surface area contributed by atoms with Crippen LogP contribution in [0.5, 0.6) is 0 Å². The van der Waals surface area contributed by atoms with Gasteiger partial charge in [-0.2, -0.15) is 8.42 Å². The van der Waals surface area contributed by atoms with E-state index in [0.29, 0.717) is 5.06 Å². The molecule has 0 aromatic heterocycles. The summed E-state index contributed by atoms with van der Waals surface area (Å²) in [6, 6.07) is -2.64. The van der Waals surface area contributed by atoms with Crippen molar-refractivity contribution in [3.8, 4) is 0 Å². The number of hydroxylamine groups is 2. The zero-order valence-electron chi connectivity index (χ0n) is 14.6. The van der Waals surface area contributed by atoms with Gasteiger partial charge in [-0.25, -0.2) is 14.2 Å². The normalized spacial score (nSPS) is 21.6. The van der Waals surface area contributed by atoms with E-state index >= 15 is 0 Å². The molecule has 142 valence electrons. The summed E-state index contributed by atoms with van der Waals surface area (Å²) in [5.74, 6) is -1.80. The third-order valence-corrected chi connectivity index (χ3v) is 4.03. The van der Waals surface area contributed by atoms with Crippen LogP contribution in [0.4, 0.5) is 0 Å². The molecule has 0 aliphatic carbocycles. The Morgan fingerprint density at radius 3 is 2.36 bits per heavy atom. The fourth-order valence-corrected chi connectivity index (χ4v) is 3.21. The zero-order chi connectivity index (χ0) is 19.6. The molecule has 0 spiro atoms. The van der Waals surface area contributed by atoms with E-state index in [1.165, 1.54) is 6.92 Å². The van der Waals surface area contributed by atoms with Gasteiger partial charge in [0.25, 0.3) is 5.91 Å². The lowest BCUT2D eigenvalue weighted by molar-refractivity contribution is -0.245. The van der Waals surface area contributed by atoms with Crippen molar-refractivity contribution in [2.24, 2.45) is 0 Å². The Morgan fingerprint density at radius 1 is 1.40 bits per heavy atom. The van der Waals surface area contributed by atoms with Crippen molar-refractivity contribution >= 4 is 28.6 Å². The minimum Gasteiger partial charge on any atom is -0.463 e. The highest BCUT2D eigenvalue weighted by atomic mass is 32.2. The number of amides is 2. The summed E-state index contributed by atoms with van der Waals surface area (Å²) in [4.78, 5) is 40.4. The van der Waals surface area contributed by atoms with Crippen LogP contribution in [0.3, 0.4) is 0 Å². The molecule has 1 saturated heterocycles. The van der Waals surface area contributed by atoms with Crippen molar-refractivity contribution in [3.05, 3.63) is 11.6 Å². The molecular weight excluding hydrogens is 356 g/mol. The maximum atomic E-state index is 12.2. The summed E-state index contributed by atoms with van der Waals surface area (Å²) in [7, 11) is -4.88. The predicted octanol–water partition coefficient (Wildman–Crippen LogP) is 0.0665. The molecule has 1 N–H and O–H groups in total. The second kappa shape index (κ2) is 7.50. The molecule has 0 radical (unpaired) electrons. The number of hydrogen-bond acceptors (Lipinski definition) is 7. The quantitative estimate of drug-likeness (QED) is 0.164. The van der Waals surface area contributed by atoms with E-state index in [1.807, 2.05) is 0 Å². The van der Waals surface area contributed by atoms with Gasteiger partial charge >= 0.3 is 16.3 Å². The van der Waals surface area contributed by atoms with Gasteiger partial charge in [0.15, 0.2) is 6.04 Å². The van der Waals surface area contributed by atoms with Crippen LogP contribution in [-0.4, -0.2) is 64.9 Å². The first-order valence-electron chi connectivity index (χ1n) is 7.42. The van der Waals surface area contributed by atoms with Crippen molar-refractivity contribution in [2.75, 3.05) is 6.61 Å². The number of rotatable bonds is 7. The Balaban J connectivity index is 3.25. The van der Waals surface area contributed by atoms with Crippen molar-refractivity contribution in [1.29, 1.82) is 0 Å². The predicted molar refractivity (Wildman–Crippen MR) is 85.1 cm³/mol. The Bertz CT molecular complexity index is 679. The molecule has 0 bridgehead atoms. The van der Waals surface area contributed by atoms with Gasteiger partial charge < -0.3 is 4.74 Å². The van der Waals surface area contributed by atoms with Crippen LogP contribution in [0.15, 0.2) is 11.6 Å². The second-order valence-electron chi connectivity index (χ2n) is 6.31. The summed E-state index contributed by atoms with van der Waals surface area (Å²) in [5, 5.41) is 0.678. The average Bonchev–Trinajstić information content (AvgIpc) is 2.40. The van der Waals surface area contributed by atoms with Crippen LogP contribution in [0.2, 0.25) is 0 Å². The molecule has 1 aliphatic rings. The maximum Gasteiger partial charge on any atom is 0.362 e.